The molecule has 150 valence electrons. The minimum atomic E-state index is -3.56. The highest BCUT2D eigenvalue weighted by molar-refractivity contribution is 8.01. The Balaban J connectivity index is 1.78. The zero-order valence-electron chi connectivity index (χ0n) is 15.3. The highest BCUT2D eigenvalue weighted by Crippen LogP contribution is 2.34. The van der Waals surface area contributed by atoms with Gasteiger partial charge in [-0.05, 0) is 36.2 Å². The Morgan fingerprint density at radius 3 is 2.64 bits per heavy atom. The zero-order chi connectivity index (χ0) is 20.1. The number of carbonyl (C=O) groups is 1. The number of ether oxygens (including phenoxy) is 2. The third-order valence-electron chi connectivity index (χ3n) is 4.28. The van der Waals surface area contributed by atoms with Crippen LogP contribution in [0.1, 0.15) is 5.56 Å². The van der Waals surface area contributed by atoms with Crippen LogP contribution in [0, 0.1) is 0 Å². The molecular formula is C19H21NO6S2. The third kappa shape index (κ3) is 4.60. The van der Waals surface area contributed by atoms with Gasteiger partial charge in [0, 0.05) is 12.3 Å². The molecule has 0 radical (unpaired) electrons. The Morgan fingerprint density at radius 2 is 1.96 bits per heavy atom. The molecular weight excluding hydrogens is 402 g/mol. The maximum absolute atomic E-state index is 13.0. The number of rotatable bonds is 8. The molecule has 1 aliphatic rings. The molecule has 7 nitrogen and oxygen atoms in total. The van der Waals surface area contributed by atoms with Gasteiger partial charge in [-0.1, -0.05) is 24.3 Å². The molecule has 28 heavy (non-hydrogen) atoms. The summed E-state index contributed by atoms with van der Waals surface area (Å²) in [5, 5.41) is 8.53. The van der Waals surface area contributed by atoms with E-state index in [1.165, 1.54) is 11.4 Å². The van der Waals surface area contributed by atoms with Gasteiger partial charge in [-0.15, -0.1) is 11.8 Å². The van der Waals surface area contributed by atoms with Crippen LogP contribution in [-0.2, 0) is 21.2 Å². The van der Waals surface area contributed by atoms with Gasteiger partial charge >= 0.3 is 5.97 Å². The molecule has 1 fully saturated rings. The van der Waals surface area contributed by atoms with E-state index in [1.807, 2.05) is 0 Å². The van der Waals surface area contributed by atoms with E-state index in [9.17, 15) is 13.2 Å². The summed E-state index contributed by atoms with van der Waals surface area (Å²) in [7, 11) is -2.08. The summed E-state index contributed by atoms with van der Waals surface area (Å²) in [6.07, 6.45) is 0.506. The van der Waals surface area contributed by atoms with Gasteiger partial charge in [0.25, 0.3) is 0 Å². The van der Waals surface area contributed by atoms with Crippen molar-refractivity contribution in [2.24, 2.45) is 0 Å². The number of methoxy groups -OCH3 is 1. The van der Waals surface area contributed by atoms with Crippen LogP contribution in [0.2, 0.25) is 0 Å². The van der Waals surface area contributed by atoms with E-state index in [2.05, 4.69) is 0 Å². The molecule has 0 aliphatic carbocycles. The molecule has 0 amide bonds. The number of aliphatic carboxylic acids is 1. The standard InChI is InChI=1S/C19H21NO6S2/c1-25-17-11-14(7-8-16(17)26-13-19(21)22)12-18-20(9-10-27-18)28(23,24)15-5-3-2-4-6-15/h2-8,11,18H,9-10,12-13H2,1H3,(H,21,22). The van der Waals surface area contributed by atoms with Crippen LogP contribution in [0.15, 0.2) is 53.4 Å². The minimum Gasteiger partial charge on any atom is -0.493 e. The first kappa shape index (κ1) is 20.5. The van der Waals surface area contributed by atoms with Crippen molar-refractivity contribution in [2.75, 3.05) is 26.0 Å². The lowest BCUT2D eigenvalue weighted by Crippen LogP contribution is -2.36. The van der Waals surface area contributed by atoms with Crippen molar-refractivity contribution >= 4 is 27.8 Å². The monoisotopic (exact) mass is 423 g/mol. The molecule has 1 heterocycles. The molecule has 1 aliphatic heterocycles. The van der Waals surface area contributed by atoms with Crippen LogP contribution in [-0.4, -0.2) is 55.2 Å². The average molecular weight is 424 g/mol. The number of thioether (sulfide) groups is 1. The second-order valence-electron chi connectivity index (χ2n) is 6.13. The van der Waals surface area contributed by atoms with Crippen molar-refractivity contribution in [3.05, 3.63) is 54.1 Å². The fourth-order valence-electron chi connectivity index (χ4n) is 2.97. The molecule has 3 rings (SSSR count). The highest BCUT2D eigenvalue weighted by Gasteiger charge is 2.35. The molecule has 1 N–H and O–H groups in total. The molecule has 1 saturated heterocycles. The predicted octanol–water partition coefficient (Wildman–Crippen LogP) is 2.46. The highest BCUT2D eigenvalue weighted by atomic mass is 32.2. The molecule has 2 aromatic carbocycles. The van der Waals surface area contributed by atoms with E-state index in [0.29, 0.717) is 24.5 Å². The van der Waals surface area contributed by atoms with Crippen LogP contribution in [0.25, 0.3) is 0 Å². The molecule has 0 spiro atoms. The maximum atomic E-state index is 13.0. The van der Waals surface area contributed by atoms with Gasteiger partial charge in [-0.3, -0.25) is 0 Å². The van der Waals surface area contributed by atoms with Crippen LogP contribution in [0.5, 0.6) is 11.5 Å². The van der Waals surface area contributed by atoms with Gasteiger partial charge < -0.3 is 14.6 Å². The van der Waals surface area contributed by atoms with E-state index in [1.54, 1.807) is 60.3 Å². The second kappa shape index (κ2) is 8.85. The second-order valence-corrected chi connectivity index (χ2v) is 9.30. The Kier molecular flexibility index (Phi) is 6.48. The van der Waals surface area contributed by atoms with Crippen molar-refractivity contribution in [3.8, 4) is 11.5 Å². The normalized spacial score (nSPS) is 17.4. The average Bonchev–Trinajstić information content (AvgIpc) is 3.16. The van der Waals surface area contributed by atoms with Gasteiger partial charge in [0.2, 0.25) is 10.0 Å². The Morgan fingerprint density at radius 1 is 1.21 bits per heavy atom. The predicted molar refractivity (Wildman–Crippen MR) is 106 cm³/mol. The first-order valence-corrected chi connectivity index (χ1v) is 11.1. The van der Waals surface area contributed by atoms with Crippen LogP contribution < -0.4 is 9.47 Å². The van der Waals surface area contributed by atoms with E-state index in [0.717, 1.165) is 11.3 Å². The zero-order valence-corrected chi connectivity index (χ0v) is 16.9. The minimum absolute atomic E-state index is 0.222. The van der Waals surface area contributed by atoms with Gasteiger partial charge in [0.15, 0.2) is 18.1 Å². The molecule has 1 atom stereocenters. The number of nitrogens with zero attached hydrogens (tertiary/aromatic N) is 1. The summed E-state index contributed by atoms with van der Waals surface area (Å²) in [6.45, 7) is 0.000776. The SMILES string of the molecule is COc1cc(CC2SCCN2S(=O)(=O)c2ccccc2)ccc1OCC(=O)O. The third-order valence-corrected chi connectivity index (χ3v) is 7.56. The summed E-state index contributed by atoms with van der Waals surface area (Å²) in [5.41, 5.74) is 0.882. The lowest BCUT2D eigenvalue weighted by molar-refractivity contribution is -0.139. The van der Waals surface area contributed by atoms with Crippen molar-refractivity contribution in [3.63, 3.8) is 0 Å². The van der Waals surface area contributed by atoms with Crippen molar-refractivity contribution < 1.29 is 27.8 Å². The number of carboxylic acid groups (broad SMARTS) is 1. The van der Waals surface area contributed by atoms with E-state index in [-0.39, 0.29) is 10.3 Å². The maximum Gasteiger partial charge on any atom is 0.341 e. The van der Waals surface area contributed by atoms with Gasteiger partial charge in [-0.25, -0.2) is 13.2 Å². The number of benzene rings is 2. The number of sulfonamides is 1. The fraction of sp³-hybridized carbons (Fsp3) is 0.316. The van der Waals surface area contributed by atoms with Crippen molar-refractivity contribution in [1.82, 2.24) is 4.31 Å². The molecule has 0 aromatic heterocycles. The van der Waals surface area contributed by atoms with E-state index >= 15 is 0 Å². The van der Waals surface area contributed by atoms with Gasteiger partial charge in [-0.2, -0.15) is 4.31 Å². The quantitative estimate of drug-likeness (QED) is 0.697. The molecule has 9 heteroatoms. The Hall–Kier alpha value is -2.23. The first-order valence-electron chi connectivity index (χ1n) is 8.62. The number of hydrogen-bond donors (Lipinski definition) is 1. The molecule has 2 aromatic rings. The van der Waals surface area contributed by atoms with Gasteiger partial charge in [0.1, 0.15) is 0 Å². The smallest absolute Gasteiger partial charge is 0.341 e. The number of hydrogen-bond acceptors (Lipinski definition) is 6. The summed E-state index contributed by atoms with van der Waals surface area (Å²) < 4.78 is 38.0. The van der Waals surface area contributed by atoms with Gasteiger partial charge in [0.05, 0.1) is 17.4 Å². The fourth-order valence-corrected chi connectivity index (χ4v) is 6.25. The van der Waals surface area contributed by atoms with E-state index in [4.69, 9.17) is 14.6 Å². The van der Waals surface area contributed by atoms with Crippen molar-refractivity contribution in [2.45, 2.75) is 16.7 Å². The van der Waals surface area contributed by atoms with E-state index < -0.39 is 22.6 Å². The largest absolute Gasteiger partial charge is 0.493 e. The number of carboxylic acids is 1. The molecule has 0 saturated carbocycles. The Bertz CT molecular complexity index is 933. The Labute approximate surface area is 168 Å². The van der Waals surface area contributed by atoms with Crippen molar-refractivity contribution in [1.29, 1.82) is 0 Å². The lowest BCUT2D eigenvalue weighted by atomic mass is 10.1. The summed E-state index contributed by atoms with van der Waals surface area (Å²) in [6, 6.07) is 13.6. The molecule has 1 unspecified atom stereocenters. The first-order chi connectivity index (χ1) is 13.4. The topological polar surface area (TPSA) is 93.1 Å². The van der Waals surface area contributed by atoms with Crippen LogP contribution >= 0.6 is 11.8 Å². The molecule has 0 bridgehead atoms. The lowest BCUT2D eigenvalue weighted by Gasteiger charge is -2.23. The van der Waals surface area contributed by atoms with Crippen LogP contribution in [0.3, 0.4) is 0 Å². The van der Waals surface area contributed by atoms with Crippen LogP contribution in [0.4, 0.5) is 0 Å². The summed E-state index contributed by atoms with van der Waals surface area (Å²) in [5.74, 6) is 0.407. The summed E-state index contributed by atoms with van der Waals surface area (Å²) >= 11 is 1.60. The summed E-state index contributed by atoms with van der Waals surface area (Å²) in [4.78, 5) is 11.0.